The maximum absolute atomic E-state index is 13.1. The first kappa shape index (κ1) is 26.8. The lowest BCUT2D eigenvalue weighted by Gasteiger charge is -2.15. The number of halogens is 2. The van der Waals surface area contributed by atoms with Crippen LogP contribution in [0, 0.1) is 5.82 Å². The third-order valence-corrected chi connectivity index (χ3v) is 4.47. The van der Waals surface area contributed by atoms with E-state index >= 15 is 0 Å². The maximum Gasteiger partial charge on any atom is 0.224 e. The molecule has 0 aliphatic rings. The summed E-state index contributed by atoms with van der Waals surface area (Å²) in [5.74, 6) is 0.192. The highest BCUT2D eigenvalue weighted by molar-refractivity contribution is 14.0. The molecule has 170 valence electrons. The van der Waals surface area contributed by atoms with E-state index in [1.54, 1.807) is 19.2 Å². The number of carbonyl (C=O) groups excluding carboxylic acids is 1. The molecule has 8 heteroatoms. The number of guanidine groups is 1. The summed E-state index contributed by atoms with van der Waals surface area (Å²) >= 11 is 0. The van der Waals surface area contributed by atoms with Gasteiger partial charge in [0.05, 0.1) is 12.5 Å². The molecule has 0 saturated heterocycles. The van der Waals surface area contributed by atoms with E-state index in [-0.39, 0.29) is 48.2 Å². The standard InChI is InChI=1S/C23H31FN4O2.HI/c1-18(20-9-4-3-5-10-20)30-15-7-12-27-23(25-2)28-14-13-26-22(29)17-19-8-6-11-21(24)16-19;/h3-6,8-11,16,18H,7,12-15,17H2,1-2H3,(H,26,29)(H2,25,27,28);1H. The van der Waals surface area contributed by atoms with Crippen molar-refractivity contribution in [2.75, 3.05) is 33.3 Å². The van der Waals surface area contributed by atoms with Gasteiger partial charge in [0.25, 0.3) is 0 Å². The Morgan fingerprint density at radius 3 is 2.45 bits per heavy atom. The Morgan fingerprint density at radius 1 is 1.03 bits per heavy atom. The van der Waals surface area contributed by atoms with Crippen molar-refractivity contribution in [3.8, 4) is 0 Å². The topological polar surface area (TPSA) is 74.8 Å². The zero-order valence-electron chi connectivity index (χ0n) is 18.1. The highest BCUT2D eigenvalue weighted by Gasteiger charge is 2.05. The van der Waals surface area contributed by atoms with Crippen LogP contribution in [0.1, 0.15) is 30.6 Å². The fraction of sp³-hybridized carbons (Fsp3) is 0.391. The molecular formula is C23H32FIN4O2. The van der Waals surface area contributed by atoms with E-state index in [9.17, 15) is 9.18 Å². The molecule has 0 spiro atoms. The molecule has 0 heterocycles. The minimum Gasteiger partial charge on any atom is -0.374 e. The Bertz CT molecular complexity index is 805. The van der Waals surface area contributed by atoms with Gasteiger partial charge in [-0.05, 0) is 36.6 Å². The molecule has 1 unspecified atom stereocenters. The highest BCUT2D eigenvalue weighted by Crippen LogP contribution is 2.15. The lowest BCUT2D eigenvalue weighted by Crippen LogP contribution is -2.42. The molecule has 2 rings (SSSR count). The first-order chi connectivity index (χ1) is 14.6. The summed E-state index contributed by atoms with van der Waals surface area (Å²) in [6, 6.07) is 16.2. The van der Waals surface area contributed by atoms with Crippen LogP contribution in [0.25, 0.3) is 0 Å². The van der Waals surface area contributed by atoms with Crippen molar-refractivity contribution in [3.63, 3.8) is 0 Å². The summed E-state index contributed by atoms with van der Waals surface area (Å²) in [7, 11) is 1.70. The predicted octanol–water partition coefficient (Wildman–Crippen LogP) is 3.44. The van der Waals surface area contributed by atoms with E-state index in [2.05, 4.69) is 33.1 Å². The smallest absolute Gasteiger partial charge is 0.224 e. The SMILES string of the molecule is CN=C(NCCCOC(C)c1ccccc1)NCCNC(=O)Cc1cccc(F)c1.I. The Balaban J connectivity index is 0.00000480. The van der Waals surface area contributed by atoms with Gasteiger partial charge in [-0.2, -0.15) is 0 Å². The first-order valence-electron chi connectivity index (χ1n) is 10.2. The average molecular weight is 542 g/mol. The number of ether oxygens (including phenoxy) is 1. The predicted molar refractivity (Wildman–Crippen MR) is 133 cm³/mol. The molecule has 3 N–H and O–H groups in total. The number of hydrogen-bond acceptors (Lipinski definition) is 3. The van der Waals surface area contributed by atoms with Crippen LogP contribution in [0.15, 0.2) is 59.6 Å². The fourth-order valence-electron chi connectivity index (χ4n) is 2.86. The zero-order chi connectivity index (χ0) is 21.6. The van der Waals surface area contributed by atoms with Gasteiger partial charge in [-0.25, -0.2) is 4.39 Å². The Hall–Kier alpha value is -2.20. The number of aliphatic imine (C=N–C) groups is 1. The second-order valence-corrected chi connectivity index (χ2v) is 6.86. The highest BCUT2D eigenvalue weighted by atomic mass is 127. The van der Waals surface area contributed by atoms with Crippen molar-refractivity contribution in [3.05, 3.63) is 71.5 Å². The number of hydrogen-bond donors (Lipinski definition) is 3. The molecule has 0 aliphatic heterocycles. The van der Waals surface area contributed by atoms with E-state index in [1.807, 2.05) is 25.1 Å². The van der Waals surface area contributed by atoms with Crippen LogP contribution in [0.4, 0.5) is 4.39 Å². The van der Waals surface area contributed by atoms with Gasteiger partial charge in [-0.15, -0.1) is 24.0 Å². The van der Waals surface area contributed by atoms with E-state index in [0.717, 1.165) is 13.0 Å². The molecule has 0 bridgehead atoms. The van der Waals surface area contributed by atoms with Crippen molar-refractivity contribution in [1.82, 2.24) is 16.0 Å². The molecule has 2 aromatic carbocycles. The monoisotopic (exact) mass is 542 g/mol. The van der Waals surface area contributed by atoms with E-state index in [4.69, 9.17) is 4.74 Å². The number of benzene rings is 2. The van der Waals surface area contributed by atoms with Gasteiger partial charge < -0.3 is 20.7 Å². The summed E-state index contributed by atoms with van der Waals surface area (Å²) in [6.45, 7) is 4.41. The molecule has 0 aromatic heterocycles. The third-order valence-electron chi connectivity index (χ3n) is 4.47. The number of amides is 1. The lowest BCUT2D eigenvalue weighted by atomic mass is 10.1. The molecule has 0 saturated carbocycles. The van der Waals surface area contributed by atoms with Crippen molar-refractivity contribution in [2.24, 2.45) is 4.99 Å². The maximum atomic E-state index is 13.1. The summed E-state index contributed by atoms with van der Waals surface area (Å²) in [5, 5.41) is 9.18. The lowest BCUT2D eigenvalue weighted by molar-refractivity contribution is -0.120. The van der Waals surface area contributed by atoms with Crippen molar-refractivity contribution in [2.45, 2.75) is 25.9 Å². The third kappa shape index (κ3) is 11.1. The van der Waals surface area contributed by atoms with Crippen LogP contribution in [0.2, 0.25) is 0 Å². The van der Waals surface area contributed by atoms with Gasteiger partial charge in [0.15, 0.2) is 5.96 Å². The van der Waals surface area contributed by atoms with Gasteiger partial charge >= 0.3 is 0 Å². The van der Waals surface area contributed by atoms with E-state index < -0.39 is 0 Å². The number of carbonyl (C=O) groups is 1. The van der Waals surface area contributed by atoms with E-state index in [1.165, 1.54) is 17.7 Å². The summed E-state index contributed by atoms with van der Waals surface area (Å²) in [4.78, 5) is 16.1. The molecule has 6 nitrogen and oxygen atoms in total. The second kappa shape index (κ2) is 15.6. The Kier molecular flexibility index (Phi) is 13.5. The van der Waals surface area contributed by atoms with Gasteiger partial charge in [0.1, 0.15) is 5.82 Å². The van der Waals surface area contributed by atoms with Gasteiger partial charge in [0, 0.05) is 33.3 Å². The summed E-state index contributed by atoms with van der Waals surface area (Å²) in [6.07, 6.45) is 1.08. The fourth-order valence-corrected chi connectivity index (χ4v) is 2.86. The van der Waals surface area contributed by atoms with Crippen molar-refractivity contribution < 1.29 is 13.9 Å². The summed E-state index contributed by atoms with van der Waals surface area (Å²) in [5.41, 5.74) is 1.82. The van der Waals surface area contributed by atoms with Crippen LogP contribution in [0.3, 0.4) is 0 Å². The number of rotatable bonds is 11. The van der Waals surface area contributed by atoms with Crippen molar-refractivity contribution in [1.29, 1.82) is 0 Å². The number of nitrogens with zero attached hydrogens (tertiary/aromatic N) is 1. The van der Waals surface area contributed by atoms with Crippen molar-refractivity contribution >= 4 is 35.8 Å². The first-order valence-corrected chi connectivity index (χ1v) is 10.2. The van der Waals surface area contributed by atoms with Crippen LogP contribution < -0.4 is 16.0 Å². The quantitative estimate of drug-likeness (QED) is 0.176. The van der Waals surface area contributed by atoms with Crippen LogP contribution in [0.5, 0.6) is 0 Å². The van der Waals surface area contributed by atoms with Gasteiger partial charge in [-0.1, -0.05) is 42.5 Å². The van der Waals surface area contributed by atoms with Crippen LogP contribution in [-0.2, 0) is 16.0 Å². The molecule has 0 aliphatic carbocycles. The molecule has 1 amide bonds. The Morgan fingerprint density at radius 2 is 1.74 bits per heavy atom. The van der Waals surface area contributed by atoms with Gasteiger partial charge in [-0.3, -0.25) is 9.79 Å². The second-order valence-electron chi connectivity index (χ2n) is 6.86. The molecular weight excluding hydrogens is 510 g/mol. The molecule has 1 atom stereocenters. The number of nitrogens with one attached hydrogen (secondary N) is 3. The van der Waals surface area contributed by atoms with Crippen LogP contribution >= 0.6 is 24.0 Å². The van der Waals surface area contributed by atoms with E-state index in [0.29, 0.717) is 31.2 Å². The molecule has 31 heavy (non-hydrogen) atoms. The van der Waals surface area contributed by atoms with Gasteiger partial charge in [0.2, 0.25) is 5.91 Å². The molecule has 0 radical (unpaired) electrons. The summed E-state index contributed by atoms with van der Waals surface area (Å²) < 4.78 is 19.0. The largest absolute Gasteiger partial charge is 0.374 e. The zero-order valence-corrected chi connectivity index (χ0v) is 20.4. The minimum absolute atomic E-state index is 0. The Labute approximate surface area is 201 Å². The molecule has 2 aromatic rings. The molecule has 0 fully saturated rings. The average Bonchev–Trinajstić information content (AvgIpc) is 2.75. The minimum atomic E-state index is -0.336. The normalized spacial score (nSPS) is 11.9. The van der Waals surface area contributed by atoms with Crippen LogP contribution in [-0.4, -0.2) is 45.2 Å².